The average Bonchev–Trinajstić information content (AvgIpc) is 3.91. The van der Waals surface area contributed by atoms with E-state index in [2.05, 4.69) is 155 Å². The molecule has 0 radical (unpaired) electrons. The summed E-state index contributed by atoms with van der Waals surface area (Å²) in [5.41, 5.74) is 13.6. The van der Waals surface area contributed by atoms with E-state index in [0.29, 0.717) is 28.6 Å². The molecule has 12 rings (SSSR count). The lowest BCUT2D eigenvalue weighted by molar-refractivity contribution is 1.06. The highest BCUT2D eigenvalue weighted by Crippen LogP contribution is 2.43. The summed E-state index contributed by atoms with van der Waals surface area (Å²) in [6.45, 7) is 0. The molecule has 0 fully saturated rings. The predicted octanol–water partition coefficient (Wildman–Crippen LogP) is 14.1. The van der Waals surface area contributed by atoms with Gasteiger partial charge in [-0.1, -0.05) is 140 Å². The van der Waals surface area contributed by atoms with Crippen LogP contribution in [0.15, 0.2) is 212 Å². The highest BCUT2D eigenvalue weighted by Gasteiger charge is 2.23. The molecule has 7 nitrogen and oxygen atoms in total. The van der Waals surface area contributed by atoms with Gasteiger partial charge in [0.25, 0.3) is 0 Å². The van der Waals surface area contributed by atoms with Gasteiger partial charge in [-0.25, -0.2) is 15.0 Å². The third kappa shape index (κ3) is 6.39. The molecule has 0 amide bonds. The lowest BCUT2D eigenvalue weighted by Gasteiger charge is -2.17. The summed E-state index contributed by atoms with van der Waals surface area (Å²) < 4.78 is 4.65. The molecular weight excluding hydrogens is 807 g/mol. The van der Waals surface area contributed by atoms with E-state index in [-0.39, 0.29) is 0 Å². The summed E-state index contributed by atoms with van der Waals surface area (Å²) in [7, 11) is 0. The van der Waals surface area contributed by atoms with Crippen LogP contribution in [-0.4, -0.2) is 24.1 Å². The monoisotopic (exact) mass is 841 g/mol. The van der Waals surface area contributed by atoms with Crippen molar-refractivity contribution in [1.82, 2.24) is 24.1 Å². The molecule has 0 aliphatic heterocycles. The van der Waals surface area contributed by atoms with E-state index >= 15 is 0 Å². The molecular formula is C59H35N7. The van der Waals surface area contributed by atoms with Crippen molar-refractivity contribution in [1.29, 1.82) is 10.5 Å². The first-order valence-corrected chi connectivity index (χ1v) is 21.7. The first-order chi connectivity index (χ1) is 32.6. The molecule has 0 N–H and O–H groups in total. The van der Waals surface area contributed by atoms with E-state index in [1.54, 1.807) is 6.07 Å². The van der Waals surface area contributed by atoms with Gasteiger partial charge in [-0.05, 0) is 95.1 Å². The second-order valence-electron chi connectivity index (χ2n) is 16.3. The number of hydrogen-bond donors (Lipinski definition) is 0. The number of hydrogen-bond acceptors (Lipinski definition) is 5. The number of para-hydroxylation sites is 3. The zero-order valence-electron chi connectivity index (χ0n) is 35.3. The van der Waals surface area contributed by atoms with Gasteiger partial charge >= 0.3 is 0 Å². The quantitative estimate of drug-likeness (QED) is 0.159. The lowest BCUT2D eigenvalue weighted by Crippen LogP contribution is -2.04. The SMILES string of the molecule is N#Cc1cc(C#N)cc(-c2ccc3c(c2)c2ccccc2n3-c2ccc(-c3cccc4c3c3ccccc3n4-c3ccccc3)cc2-c2nc(-c3ccccc3)nc(-c3ccccc3)n2)c1. The number of nitrogens with zero attached hydrogens (tertiary/aromatic N) is 7. The fraction of sp³-hybridized carbons (Fsp3) is 0. The van der Waals surface area contributed by atoms with Crippen molar-refractivity contribution >= 4 is 43.6 Å². The fourth-order valence-electron chi connectivity index (χ4n) is 9.46. The second-order valence-corrected chi connectivity index (χ2v) is 16.3. The normalized spacial score (nSPS) is 11.3. The van der Waals surface area contributed by atoms with Gasteiger partial charge in [-0.3, -0.25) is 0 Å². The molecule has 0 saturated carbocycles. The molecule has 3 heterocycles. The molecule has 0 spiro atoms. The Balaban J connectivity index is 1.15. The maximum absolute atomic E-state index is 9.82. The third-order valence-electron chi connectivity index (χ3n) is 12.4. The van der Waals surface area contributed by atoms with Crippen LogP contribution in [0.3, 0.4) is 0 Å². The highest BCUT2D eigenvalue weighted by atomic mass is 15.1. The van der Waals surface area contributed by atoms with Crippen LogP contribution in [0.2, 0.25) is 0 Å². The molecule has 0 bridgehead atoms. The van der Waals surface area contributed by atoms with Crippen molar-refractivity contribution in [2.24, 2.45) is 0 Å². The maximum atomic E-state index is 9.82. The number of rotatable bonds is 7. The van der Waals surface area contributed by atoms with E-state index in [1.165, 1.54) is 0 Å². The molecule has 12 aromatic rings. The minimum Gasteiger partial charge on any atom is -0.309 e. The van der Waals surface area contributed by atoms with Crippen LogP contribution in [0.1, 0.15) is 11.1 Å². The van der Waals surface area contributed by atoms with E-state index in [0.717, 1.165) is 93.9 Å². The number of benzene rings is 9. The van der Waals surface area contributed by atoms with Crippen LogP contribution in [0.5, 0.6) is 0 Å². The minimum atomic E-state index is 0.443. The first kappa shape index (κ1) is 38.3. The first-order valence-electron chi connectivity index (χ1n) is 21.7. The zero-order chi connectivity index (χ0) is 44.1. The minimum absolute atomic E-state index is 0.443. The smallest absolute Gasteiger partial charge is 0.166 e. The lowest BCUT2D eigenvalue weighted by atomic mass is 9.96. The Labute approximate surface area is 380 Å². The summed E-state index contributed by atoms with van der Waals surface area (Å²) in [5, 5.41) is 24.0. The summed E-state index contributed by atoms with van der Waals surface area (Å²) in [6, 6.07) is 77.0. The molecule has 0 aliphatic carbocycles. The Hall–Kier alpha value is -9.43. The van der Waals surface area contributed by atoms with Crippen molar-refractivity contribution in [2.75, 3.05) is 0 Å². The fourth-order valence-corrected chi connectivity index (χ4v) is 9.46. The third-order valence-corrected chi connectivity index (χ3v) is 12.4. The van der Waals surface area contributed by atoms with Crippen LogP contribution in [-0.2, 0) is 0 Å². The summed E-state index contributed by atoms with van der Waals surface area (Å²) in [4.78, 5) is 15.7. The topological polar surface area (TPSA) is 96.1 Å². The zero-order valence-corrected chi connectivity index (χ0v) is 35.3. The van der Waals surface area contributed by atoms with Crippen molar-refractivity contribution in [3.05, 3.63) is 223 Å². The van der Waals surface area contributed by atoms with E-state index in [4.69, 9.17) is 15.0 Å². The van der Waals surface area contributed by atoms with Gasteiger partial charge < -0.3 is 9.13 Å². The number of nitriles is 2. The van der Waals surface area contributed by atoms with Gasteiger partial charge in [0.2, 0.25) is 0 Å². The molecule has 0 saturated heterocycles. The second kappa shape index (κ2) is 15.7. The van der Waals surface area contributed by atoms with Gasteiger partial charge in [0.1, 0.15) is 0 Å². The van der Waals surface area contributed by atoms with Gasteiger partial charge in [-0.2, -0.15) is 10.5 Å². The van der Waals surface area contributed by atoms with Crippen LogP contribution in [0.25, 0.3) is 111 Å². The summed E-state index contributed by atoms with van der Waals surface area (Å²) >= 11 is 0. The molecule has 66 heavy (non-hydrogen) atoms. The molecule has 0 atom stereocenters. The Bertz CT molecular complexity index is 3860. The maximum Gasteiger partial charge on any atom is 0.166 e. The van der Waals surface area contributed by atoms with Crippen molar-refractivity contribution < 1.29 is 0 Å². The number of fused-ring (bicyclic) bond motifs is 6. The van der Waals surface area contributed by atoms with Crippen LogP contribution < -0.4 is 0 Å². The van der Waals surface area contributed by atoms with Crippen LogP contribution >= 0.6 is 0 Å². The molecule has 9 aromatic carbocycles. The Morgan fingerprint density at radius 1 is 0.333 bits per heavy atom. The molecule has 0 aliphatic rings. The van der Waals surface area contributed by atoms with Crippen LogP contribution in [0.4, 0.5) is 0 Å². The summed E-state index contributed by atoms with van der Waals surface area (Å²) in [6.07, 6.45) is 0. The van der Waals surface area contributed by atoms with E-state index < -0.39 is 0 Å². The van der Waals surface area contributed by atoms with Crippen molar-refractivity contribution in [3.8, 4) is 79.9 Å². The van der Waals surface area contributed by atoms with Gasteiger partial charge in [0.05, 0.1) is 51.0 Å². The average molecular weight is 842 g/mol. The van der Waals surface area contributed by atoms with E-state index in [9.17, 15) is 10.5 Å². The van der Waals surface area contributed by atoms with Gasteiger partial charge in [0.15, 0.2) is 17.5 Å². The van der Waals surface area contributed by atoms with E-state index in [1.807, 2.05) is 72.8 Å². The number of aromatic nitrogens is 5. The van der Waals surface area contributed by atoms with Gasteiger partial charge in [0, 0.05) is 43.9 Å². The molecule has 3 aromatic heterocycles. The summed E-state index contributed by atoms with van der Waals surface area (Å²) in [5.74, 6) is 1.69. The predicted molar refractivity (Wildman–Crippen MR) is 265 cm³/mol. The molecule has 7 heteroatoms. The molecule has 306 valence electrons. The van der Waals surface area contributed by atoms with Gasteiger partial charge in [-0.15, -0.1) is 0 Å². The van der Waals surface area contributed by atoms with Crippen LogP contribution in [0, 0.1) is 22.7 Å². The highest BCUT2D eigenvalue weighted by molar-refractivity contribution is 6.16. The Kier molecular flexibility index (Phi) is 9.12. The Morgan fingerprint density at radius 3 is 1.55 bits per heavy atom. The van der Waals surface area contributed by atoms with Crippen molar-refractivity contribution in [3.63, 3.8) is 0 Å². The largest absolute Gasteiger partial charge is 0.309 e. The molecule has 0 unspecified atom stereocenters. The Morgan fingerprint density at radius 2 is 0.879 bits per heavy atom. The standard InChI is InChI=1S/C59H35N7/c60-36-38-31-39(37-61)33-44(32-38)42-27-29-53-49(34-42)47-21-10-12-24-51(47)66(53)54-30-28-43(46-23-14-26-55-56(46)48-22-11-13-25-52(48)65(55)45-19-8-3-9-20-45)35-50(54)59-63-57(40-15-4-1-5-16-40)62-58(64-59)41-17-6-2-7-18-41/h1-35H. The van der Waals surface area contributed by atoms with Crippen molar-refractivity contribution in [2.45, 2.75) is 0 Å².